The molecule has 10 heavy (non-hydrogen) atoms. The molecule has 60 valence electrons. The molecule has 0 spiro atoms. The summed E-state index contributed by atoms with van der Waals surface area (Å²) in [6, 6.07) is -0.546. The number of nitrogens with one attached hydrogen (secondary N) is 1. The molecule has 0 radical (unpaired) electrons. The van der Waals surface area contributed by atoms with Crippen LogP contribution in [0.3, 0.4) is 0 Å². The zero-order valence-electron chi connectivity index (χ0n) is 5.45. The van der Waals surface area contributed by atoms with Crippen molar-refractivity contribution in [1.29, 1.82) is 0 Å². The van der Waals surface area contributed by atoms with Crippen molar-refractivity contribution in [3.05, 3.63) is 0 Å². The van der Waals surface area contributed by atoms with Gasteiger partial charge in [0.15, 0.2) is 0 Å². The van der Waals surface area contributed by atoms with Crippen molar-refractivity contribution in [3.63, 3.8) is 0 Å². The van der Waals surface area contributed by atoms with Gasteiger partial charge in [0.1, 0.15) is 6.04 Å². The summed E-state index contributed by atoms with van der Waals surface area (Å²) in [5.74, 6) is 0.0810. The van der Waals surface area contributed by atoms with Gasteiger partial charge in [-0.25, -0.2) is 0 Å². The lowest BCUT2D eigenvalue weighted by Crippen LogP contribution is -2.39. The van der Waals surface area contributed by atoms with E-state index < -0.39 is 12.0 Å². The van der Waals surface area contributed by atoms with Crippen LogP contribution in [-0.4, -0.2) is 35.2 Å². The molecule has 0 bridgehead atoms. The number of carboxylic acid groups (broad SMARTS) is 1. The van der Waals surface area contributed by atoms with Crippen LogP contribution in [-0.2, 0) is 4.79 Å². The molecule has 0 heterocycles. The van der Waals surface area contributed by atoms with Crippen molar-refractivity contribution in [2.24, 2.45) is 0 Å². The van der Waals surface area contributed by atoms with Gasteiger partial charge in [-0.2, -0.15) is 25.3 Å². The summed E-state index contributed by atoms with van der Waals surface area (Å²) in [6.07, 6.45) is 0. The smallest absolute Gasteiger partial charge is 0.321 e. The van der Waals surface area contributed by atoms with Gasteiger partial charge in [-0.3, -0.25) is 4.79 Å². The minimum absolute atomic E-state index is 0.309. The summed E-state index contributed by atoms with van der Waals surface area (Å²) in [4.78, 5) is 10.3. The van der Waals surface area contributed by atoms with Gasteiger partial charge in [0.2, 0.25) is 0 Å². The van der Waals surface area contributed by atoms with E-state index in [2.05, 4.69) is 30.6 Å². The van der Waals surface area contributed by atoms with Crippen molar-refractivity contribution in [2.75, 3.05) is 18.1 Å². The molecule has 0 aliphatic heterocycles. The van der Waals surface area contributed by atoms with E-state index in [4.69, 9.17) is 5.11 Å². The number of carboxylic acids is 1. The largest absolute Gasteiger partial charge is 0.480 e. The Morgan fingerprint density at radius 1 is 1.60 bits per heavy atom. The number of hydrogen-bond acceptors (Lipinski definition) is 4. The van der Waals surface area contributed by atoms with Crippen molar-refractivity contribution >= 4 is 31.2 Å². The van der Waals surface area contributed by atoms with Crippen LogP contribution in [0.2, 0.25) is 0 Å². The maximum absolute atomic E-state index is 10.3. The highest BCUT2D eigenvalue weighted by Gasteiger charge is 2.12. The summed E-state index contributed by atoms with van der Waals surface area (Å²) >= 11 is 7.78. The standard InChI is InChI=1S/C5H11NO2S2/c7-5(8)4(3-10)6-1-2-9/h4,6,9-10H,1-3H2,(H,7,8)/t4-/m0/s1. The molecule has 0 aromatic heterocycles. The predicted octanol–water partition coefficient (Wildman–Crippen LogP) is -0.111. The molecule has 0 unspecified atom stereocenters. The number of rotatable bonds is 5. The Kier molecular flexibility index (Phi) is 5.96. The fraction of sp³-hybridized carbons (Fsp3) is 0.800. The fourth-order valence-corrected chi connectivity index (χ4v) is 0.883. The Morgan fingerprint density at radius 3 is 2.50 bits per heavy atom. The molecule has 0 saturated heterocycles. The topological polar surface area (TPSA) is 49.3 Å². The van der Waals surface area contributed by atoms with Crippen LogP contribution < -0.4 is 5.32 Å². The minimum Gasteiger partial charge on any atom is -0.480 e. The van der Waals surface area contributed by atoms with Gasteiger partial charge >= 0.3 is 5.97 Å². The van der Waals surface area contributed by atoms with Crippen molar-refractivity contribution in [1.82, 2.24) is 5.32 Å². The molecule has 5 heteroatoms. The SMILES string of the molecule is O=C(O)[C@H](CS)NCCS. The van der Waals surface area contributed by atoms with E-state index >= 15 is 0 Å². The summed E-state index contributed by atoms with van der Waals surface area (Å²) in [6.45, 7) is 0.598. The lowest BCUT2D eigenvalue weighted by Gasteiger charge is -2.09. The fourth-order valence-electron chi connectivity index (χ4n) is 0.469. The quantitative estimate of drug-likeness (QED) is 0.448. The Morgan fingerprint density at radius 2 is 2.20 bits per heavy atom. The van der Waals surface area contributed by atoms with E-state index in [1.165, 1.54) is 0 Å². The third-order valence-electron chi connectivity index (χ3n) is 0.983. The lowest BCUT2D eigenvalue weighted by atomic mass is 10.3. The van der Waals surface area contributed by atoms with Gasteiger partial charge in [-0.1, -0.05) is 0 Å². The molecule has 3 nitrogen and oxygen atoms in total. The first kappa shape index (κ1) is 10.1. The number of carbonyl (C=O) groups is 1. The highest BCUT2D eigenvalue weighted by molar-refractivity contribution is 7.80. The summed E-state index contributed by atoms with van der Waals surface area (Å²) in [5.41, 5.74) is 0. The van der Waals surface area contributed by atoms with Crippen LogP contribution >= 0.6 is 25.3 Å². The molecule has 0 aliphatic carbocycles. The highest BCUT2D eigenvalue weighted by Crippen LogP contribution is 1.87. The lowest BCUT2D eigenvalue weighted by molar-refractivity contribution is -0.138. The summed E-state index contributed by atoms with van der Waals surface area (Å²) in [5, 5.41) is 11.2. The van der Waals surface area contributed by atoms with Gasteiger partial charge in [0.05, 0.1) is 0 Å². The van der Waals surface area contributed by atoms with Crippen LogP contribution in [0.25, 0.3) is 0 Å². The molecule has 0 fully saturated rings. The van der Waals surface area contributed by atoms with Gasteiger partial charge in [0.25, 0.3) is 0 Å². The van der Waals surface area contributed by atoms with Gasteiger partial charge in [0, 0.05) is 18.1 Å². The van der Waals surface area contributed by atoms with Crippen molar-refractivity contribution in [2.45, 2.75) is 6.04 Å². The molecule has 0 aliphatic rings. The van der Waals surface area contributed by atoms with E-state index in [0.29, 0.717) is 18.1 Å². The zero-order chi connectivity index (χ0) is 7.98. The third-order valence-corrected chi connectivity index (χ3v) is 1.57. The molecule has 0 amide bonds. The zero-order valence-corrected chi connectivity index (χ0v) is 7.24. The Bertz CT molecular complexity index is 110. The monoisotopic (exact) mass is 181 g/mol. The highest BCUT2D eigenvalue weighted by atomic mass is 32.1. The Balaban J connectivity index is 3.50. The number of hydrogen-bond donors (Lipinski definition) is 4. The number of thiol groups is 2. The van der Waals surface area contributed by atoms with E-state index in [9.17, 15) is 4.79 Å². The predicted molar refractivity (Wildman–Crippen MR) is 47.1 cm³/mol. The van der Waals surface area contributed by atoms with E-state index in [-0.39, 0.29) is 0 Å². The summed E-state index contributed by atoms with van der Waals surface area (Å²) < 4.78 is 0. The molecule has 0 saturated carbocycles. The summed E-state index contributed by atoms with van der Waals surface area (Å²) in [7, 11) is 0. The number of aliphatic carboxylic acids is 1. The second-order valence-electron chi connectivity index (χ2n) is 1.75. The van der Waals surface area contributed by atoms with Crippen LogP contribution in [0.5, 0.6) is 0 Å². The van der Waals surface area contributed by atoms with E-state index in [1.54, 1.807) is 0 Å². The van der Waals surface area contributed by atoms with Crippen LogP contribution in [0.1, 0.15) is 0 Å². The average molecular weight is 181 g/mol. The maximum Gasteiger partial charge on any atom is 0.321 e. The molecule has 0 aromatic carbocycles. The van der Waals surface area contributed by atoms with Gasteiger partial charge in [-0.05, 0) is 0 Å². The van der Waals surface area contributed by atoms with Crippen molar-refractivity contribution in [3.8, 4) is 0 Å². The average Bonchev–Trinajstić information content (AvgIpc) is 1.89. The molecule has 0 rings (SSSR count). The first-order valence-electron chi connectivity index (χ1n) is 2.90. The normalized spacial score (nSPS) is 13.0. The molecular formula is C5H11NO2S2. The first-order chi connectivity index (χ1) is 4.72. The van der Waals surface area contributed by atoms with Crippen LogP contribution in [0, 0.1) is 0 Å². The molecule has 0 aromatic rings. The van der Waals surface area contributed by atoms with Gasteiger partial charge < -0.3 is 10.4 Å². The molecule has 2 N–H and O–H groups in total. The van der Waals surface area contributed by atoms with Crippen LogP contribution in [0.15, 0.2) is 0 Å². The second-order valence-corrected chi connectivity index (χ2v) is 2.56. The maximum atomic E-state index is 10.3. The minimum atomic E-state index is -0.864. The van der Waals surface area contributed by atoms with E-state index in [0.717, 1.165) is 0 Å². The third kappa shape index (κ3) is 4.03. The van der Waals surface area contributed by atoms with E-state index in [1.807, 2.05) is 0 Å². The molecular weight excluding hydrogens is 170 g/mol. The molecule has 1 atom stereocenters. The first-order valence-corrected chi connectivity index (χ1v) is 4.16. The van der Waals surface area contributed by atoms with Crippen molar-refractivity contribution < 1.29 is 9.90 Å². The second kappa shape index (κ2) is 5.88. The van der Waals surface area contributed by atoms with Gasteiger partial charge in [-0.15, -0.1) is 0 Å². The Labute approximate surface area is 71.0 Å². The Hall–Kier alpha value is 0.130. The van der Waals surface area contributed by atoms with Crippen LogP contribution in [0.4, 0.5) is 0 Å².